The fraction of sp³-hybridized carbons (Fsp3) is 0.478. The Kier molecular flexibility index (Phi) is 4.30. The zero-order valence-corrected chi connectivity index (χ0v) is 17.1. The van der Waals surface area contributed by atoms with Crippen molar-refractivity contribution in [2.24, 2.45) is 10.8 Å². The number of nitriles is 1. The molecule has 0 aromatic carbocycles. The third kappa shape index (κ3) is 3.06. The molecule has 0 aliphatic heterocycles. The van der Waals surface area contributed by atoms with E-state index in [2.05, 4.69) is 26.1 Å². The van der Waals surface area contributed by atoms with Crippen LogP contribution in [-0.2, 0) is 10.3 Å². The van der Waals surface area contributed by atoms with Gasteiger partial charge in [0, 0.05) is 29.6 Å². The Labute approximate surface area is 178 Å². The fourth-order valence-electron chi connectivity index (χ4n) is 5.30. The number of hydrogen-bond acceptors (Lipinski definition) is 5. The van der Waals surface area contributed by atoms with Crippen molar-refractivity contribution in [2.45, 2.75) is 57.6 Å². The number of pyridine rings is 2. The first kappa shape index (κ1) is 19.9. The van der Waals surface area contributed by atoms with Gasteiger partial charge in [0.25, 0.3) is 0 Å². The molecular weight excluding hydrogens is 402 g/mol. The van der Waals surface area contributed by atoms with Crippen LogP contribution in [0.4, 0.5) is 8.78 Å². The Morgan fingerprint density at radius 1 is 1.23 bits per heavy atom. The number of halogens is 2. The van der Waals surface area contributed by atoms with Crippen molar-refractivity contribution in [2.75, 3.05) is 0 Å². The third-order valence-corrected chi connectivity index (χ3v) is 7.17. The standard InChI is InChI=1S/C23H22F2N4O2/c1-14-7-18(31-20(24)25)28-9-16(14)15-3-4-17(27-8-15)23(5-2-6-23)29-19(30)22-10-21(11-22,12-22)13-26/h3-4,7-9,20H,2,5-6,10-12H2,1H3,(H,29,30). The van der Waals surface area contributed by atoms with Gasteiger partial charge >= 0.3 is 6.61 Å². The van der Waals surface area contributed by atoms with Crippen LogP contribution in [0.5, 0.6) is 5.88 Å². The van der Waals surface area contributed by atoms with Crippen molar-refractivity contribution in [3.63, 3.8) is 0 Å². The van der Waals surface area contributed by atoms with Gasteiger partial charge in [-0.15, -0.1) is 0 Å². The van der Waals surface area contributed by atoms with E-state index in [1.807, 2.05) is 12.1 Å². The molecule has 31 heavy (non-hydrogen) atoms. The summed E-state index contributed by atoms with van der Waals surface area (Å²) in [6.45, 7) is -1.11. The summed E-state index contributed by atoms with van der Waals surface area (Å²) in [6, 6.07) is 7.64. The average molecular weight is 424 g/mol. The fourth-order valence-corrected chi connectivity index (χ4v) is 5.30. The lowest BCUT2D eigenvalue weighted by molar-refractivity contribution is -0.188. The maximum atomic E-state index is 12.9. The molecule has 0 spiro atoms. The molecule has 0 unspecified atom stereocenters. The molecule has 2 aromatic heterocycles. The van der Waals surface area contributed by atoms with E-state index >= 15 is 0 Å². The molecule has 4 aliphatic rings. The molecule has 6 nitrogen and oxygen atoms in total. The molecule has 0 radical (unpaired) electrons. The van der Waals surface area contributed by atoms with Crippen molar-refractivity contribution < 1.29 is 18.3 Å². The summed E-state index contributed by atoms with van der Waals surface area (Å²) in [5, 5.41) is 12.5. The highest BCUT2D eigenvalue weighted by molar-refractivity contribution is 5.87. The second-order valence-electron chi connectivity index (χ2n) is 9.24. The summed E-state index contributed by atoms with van der Waals surface area (Å²) in [4.78, 5) is 21.5. The van der Waals surface area contributed by atoms with Crippen LogP contribution in [-0.4, -0.2) is 22.5 Å². The van der Waals surface area contributed by atoms with Gasteiger partial charge in [0.2, 0.25) is 11.8 Å². The second-order valence-corrected chi connectivity index (χ2v) is 9.24. The van der Waals surface area contributed by atoms with Crippen molar-refractivity contribution in [3.05, 3.63) is 41.9 Å². The normalized spacial score (nSPS) is 27.3. The van der Waals surface area contributed by atoms with E-state index in [0.717, 1.165) is 41.6 Å². The number of alkyl halides is 2. The lowest BCUT2D eigenvalue weighted by atomic mass is 9.35. The topological polar surface area (TPSA) is 87.9 Å². The van der Waals surface area contributed by atoms with Crippen LogP contribution >= 0.6 is 0 Å². The quantitative estimate of drug-likeness (QED) is 0.749. The summed E-state index contributed by atoms with van der Waals surface area (Å²) >= 11 is 0. The molecule has 160 valence electrons. The van der Waals surface area contributed by atoms with Gasteiger partial charge in [0.15, 0.2) is 0 Å². The minimum atomic E-state index is -2.91. The van der Waals surface area contributed by atoms with Gasteiger partial charge in [0.1, 0.15) is 0 Å². The Morgan fingerprint density at radius 3 is 2.48 bits per heavy atom. The van der Waals surface area contributed by atoms with Crippen molar-refractivity contribution in [3.8, 4) is 23.1 Å². The molecule has 2 aromatic rings. The van der Waals surface area contributed by atoms with Crippen LogP contribution in [0.2, 0.25) is 0 Å². The largest absolute Gasteiger partial charge is 0.417 e. The first-order chi connectivity index (χ1) is 14.8. The number of amides is 1. The molecule has 2 heterocycles. The highest BCUT2D eigenvalue weighted by atomic mass is 19.3. The van der Waals surface area contributed by atoms with Crippen molar-refractivity contribution in [1.82, 2.24) is 15.3 Å². The first-order valence-electron chi connectivity index (χ1n) is 10.4. The number of nitrogens with zero attached hydrogens (tertiary/aromatic N) is 3. The maximum absolute atomic E-state index is 12.9. The number of carbonyl (C=O) groups excluding carboxylic acids is 1. The maximum Gasteiger partial charge on any atom is 0.388 e. The molecule has 0 atom stereocenters. The molecule has 1 amide bonds. The molecule has 0 saturated heterocycles. The highest BCUT2D eigenvalue weighted by Gasteiger charge is 2.72. The molecule has 6 rings (SSSR count). The lowest BCUT2D eigenvalue weighted by Gasteiger charge is -2.66. The van der Waals surface area contributed by atoms with Gasteiger partial charge in [-0.25, -0.2) is 4.98 Å². The van der Waals surface area contributed by atoms with Crippen molar-refractivity contribution in [1.29, 1.82) is 5.26 Å². The Morgan fingerprint density at radius 2 is 1.97 bits per heavy atom. The van der Waals surface area contributed by atoms with Gasteiger partial charge < -0.3 is 10.1 Å². The molecule has 8 heteroatoms. The first-order valence-corrected chi connectivity index (χ1v) is 10.4. The summed E-state index contributed by atoms with van der Waals surface area (Å²) in [5.74, 6) is -0.0754. The van der Waals surface area contributed by atoms with Crippen LogP contribution in [0.25, 0.3) is 11.1 Å². The molecule has 2 bridgehead atoms. The lowest BCUT2D eigenvalue weighted by Crippen LogP contribution is -2.69. The number of rotatable bonds is 6. The highest BCUT2D eigenvalue weighted by Crippen LogP contribution is 2.73. The van der Waals surface area contributed by atoms with Gasteiger partial charge in [-0.1, -0.05) is 6.07 Å². The predicted molar refractivity (Wildman–Crippen MR) is 107 cm³/mol. The zero-order valence-electron chi connectivity index (χ0n) is 17.1. The van der Waals surface area contributed by atoms with E-state index in [1.165, 1.54) is 12.3 Å². The van der Waals surface area contributed by atoms with Crippen LogP contribution in [0, 0.1) is 29.1 Å². The van der Waals surface area contributed by atoms with E-state index in [9.17, 15) is 18.8 Å². The van der Waals surface area contributed by atoms with E-state index in [0.29, 0.717) is 19.3 Å². The molecule has 1 N–H and O–H groups in total. The predicted octanol–water partition coefficient (Wildman–Crippen LogP) is 4.24. The summed E-state index contributed by atoms with van der Waals surface area (Å²) in [5.41, 5.74) is 2.10. The molecular formula is C23H22F2N4O2. The Balaban J connectivity index is 1.32. The van der Waals surface area contributed by atoms with Crippen LogP contribution < -0.4 is 10.1 Å². The van der Waals surface area contributed by atoms with Crippen molar-refractivity contribution >= 4 is 5.91 Å². The Bertz CT molecular complexity index is 1070. The van der Waals surface area contributed by atoms with E-state index in [4.69, 9.17) is 0 Å². The van der Waals surface area contributed by atoms with Gasteiger partial charge in [-0.05, 0) is 57.1 Å². The summed E-state index contributed by atoms with van der Waals surface area (Å²) < 4.78 is 29.1. The van der Waals surface area contributed by atoms with Gasteiger partial charge in [-0.3, -0.25) is 9.78 Å². The van der Waals surface area contributed by atoms with Crippen LogP contribution in [0.3, 0.4) is 0 Å². The molecule has 4 aliphatic carbocycles. The van der Waals surface area contributed by atoms with E-state index in [1.54, 1.807) is 13.1 Å². The second kappa shape index (κ2) is 6.71. The SMILES string of the molecule is Cc1cc(OC(F)F)ncc1-c1ccc(C2(NC(=O)C34CC(C#N)(C3)C4)CCC2)nc1. The van der Waals surface area contributed by atoms with Crippen LogP contribution in [0.15, 0.2) is 30.6 Å². The number of ether oxygens (including phenoxy) is 1. The van der Waals surface area contributed by atoms with Gasteiger partial charge in [-0.2, -0.15) is 14.0 Å². The smallest absolute Gasteiger partial charge is 0.388 e. The minimum absolute atomic E-state index is 0.0462. The number of aryl methyl sites for hydroxylation is 1. The van der Waals surface area contributed by atoms with E-state index in [-0.39, 0.29) is 22.6 Å². The summed E-state index contributed by atoms with van der Waals surface area (Å²) in [7, 11) is 0. The third-order valence-electron chi connectivity index (χ3n) is 7.17. The number of aromatic nitrogens is 2. The average Bonchev–Trinajstić information content (AvgIpc) is 2.63. The monoisotopic (exact) mass is 424 g/mol. The Hall–Kier alpha value is -3.08. The zero-order chi connectivity index (χ0) is 21.9. The molecule has 4 saturated carbocycles. The molecule has 4 fully saturated rings. The number of carbonyl (C=O) groups is 1. The minimum Gasteiger partial charge on any atom is -0.417 e. The number of nitrogens with one attached hydrogen (secondary N) is 1. The van der Waals surface area contributed by atoms with E-state index < -0.39 is 12.2 Å². The number of hydrogen-bond donors (Lipinski definition) is 1. The summed E-state index contributed by atoms with van der Waals surface area (Å²) in [6.07, 6.45) is 7.93. The van der Waals surface area contributed by atoms with Gasteiger partial charge in [0.05, 0.1) is 28.1 Å². The van der Waals surface area contributed by atoms with Crippen LogP contribution in [0.1, 0.15) is 49.8 Å².